The van der Waals surface area contributed by atoms with E-state index < -0.39 is 20.7 Å². The van der Waals surface area contributed by atoms with Crippen LogP contribution in [0.15, 0.2) is 10.5 Å². The second-order valence-corrected chi connectivity index (χ2v) is 8.01. The molecule has 0 spiro atoms. The van der Waals surface area contributed by atoms with Crippen LogP contribution in [0.1, 0.15) is 37.4 Å². The molecule has 0 amide bonds. The zero-order valence-electron chi connectivity index (χ0n) is 11.0. The van der Waals surface area contributed by atoms with Crippen LogP contribution in [0.3, 0.4) is 0 Å². The van der Waals surface area contributed by atoms with Crippen molar-refractivity contribution in [3.8, 4) is 0 Å². The lowest BCUT2D eigenvalue weighted by Crippen LogP contribution is -2.20. The molecule has 1 unspecified atom stereocenters. The second kappa shape index (κ2) is 5.27. The number of nitro groups is 1. The van der Waals surface area contributed by atoms with Gasteiger partial charge >= 0.3 is 0 Å². The Kier molecular flexibility index (Phi) is 4.39. The molecule has 0 radical (unpaired) electrons. The summed E-state index contributed by atoms with van der Waals surface area (Å²) in [5.41, 5.74) is 0.663. The van der Waals surface area contributed by atoms with E-state index in [9.17, 15) is 14.3 Å². The van der Waals surface area contributed by atoms with Crippen LogP contribution >= 0.6 is 11.3 Å². The van der Waals surface area contributed by atoms with Gasteiger partial charge in [0.2, 0.25) is 0 Å². The molecule has 0 aromatic carbocycles. The van der Waals surface area contributed by atoms with Crippen molar-refractivity contribution < 1.29 is 9.13 Å². The average molecular weight is 288 g/mol. The predicted molar refractivity (Wildman–Crippen MR) is 75.8 cm³/mol. The molecule has 1 aromatic rings. The molecular weight excluding hydrogens is 272 g/mol. The Labute approximate surface area is 113 Å². The molecule has 1 atom stereocenters. The van der Waals surface area contributed by atoms with Gasteiger partial charge in [0.15, 0.2) is 0 Å². The van der Waals surface area contributed by atoms with Crippen LogP contribution in [0, 0.1) is 17.0 Å². The summed E-state index contributed by atoms with van der Waals surface area (Å²) in [5.74, 6) is 0. The quantitative estimate of drug-likeness (QED) is 0.487. The fourth-order valence-corrected chi connectivity index (χ4v) is 2.75. The zero-order valence-corrected chi connectivity index (χ0v) is 12.6. The molecule has 18 heavy (non-hydrogen) atoms. The van der Waals surface area contributed by atoms with E-state index in [0.29, 0.717) is 15.5 Å². The van der Waals surface area contributed by atoms with Crippen molar-refractivity contribution in [2.24, 2.45) is 4.40 Å². The summed E-state index contributed by atoms with van der Waals surface area (Å²) < 4.78 is 15.5. The summed E-state index contributed by atoms with van der Waals surface area (Å²) in [6.07, 6.45) is 0. The largest absolute Gasteiger partial charge is 0.283 e. The van der Waals surface area contributed by atoms with Gasteiger partial charge in [-0.3, -0.25) is 10.1 Å². The van der Waals surface area contributed by atoms with Gasteiger partial charge in [-0.05, 0) is 34.6 Å². The first-order chi connectivity index (χ1) is 8.12. The summed E-state index contributed by atoms with van der Waals surface area (Å²) in [7, 11) is -1.35. The fourth-order valence-electron chi connectivity index (χ4n) is 1.14. The molecular formula is C11H16N2O3S2. The van der Waals surface area contributed by atoms with E-state index in [-0.39, 0.29) is 5.69 Å². The van der Waals surface area contributed by atoms with Crippen LogP contribution in [0.4, 0.5) is 5.69 Å². The van der Waals surface area contributed by atoms with E-state index >= 15 is 0 Å². The van der Waals surface area contributed by atoms with E-state index in [2.05, 4.69) is 4.40 Å². The molecule has 0 fully saturated rings. The highest BCUT2D eigenvalue weighted by atomic mass is 32.2. The summed E-state index contributed by atoms with van der Waals surface area (Å²) in [5, 5.41) is 10.8. The monoisotopic (exact) mass is 288 g/mol. The standard InChI is InChI=1S/C11H16N2O3S2/c1-7(12-18(16)11(3,4)5)10-6-9(13(14)15)8(2)17-10/h6H,1-5H3/b12-7+. The third-order valence-corrected chi connectivity index (χ3v) is 4.82. The van der Waals surface area contributed by atoms with E-state index in [0.717, 1.165) is 0 Å². The van der Waals surface area contributed by atoms with Crippen molar-refractivity contribution >= 4 is 33.7 Å². The van der Waals surface area contributed by atoms with E-state index in [1.54, 1.807) is 13.8 Å². The average Bonchev–Trinajstić information content (AvgIpc) is 2.58. The second-order valence-electron chi connectivity index (χ2n) is 4.85. The Balaban J connectivity index is 3.09. The molecule has 0 saturated carbocycles. The molecule has 1 rings (SSSR count). The molecule has 0 aliphatic carbocycles. The van der Waals surface area contributed by atoms with Crippen LogP contribution < -0.4 is 0 Å². The molecule has 7 heteroatoms. The minimum absolute atomic E-state index is 0.0890. The Morgan fingerprint density at radius 2 is 2.06 bits per heavy atom. The van der Waals surface area contributed by atoms with Gasteiger partial charge in [-0.15, -0.1) is 11.3 Å². The van der Waals surface area contributed by atoms with Crippen molar-refractivity contribution in [1.82, 2.24) is 0 Å². The topological polar surface area (TPSA) is 72.6 Å². The van der Waals surface area contributed by atoms with Gasteiger partial charge in [-0.25, -0.2) is 4.21 Å². The van der Waals surface area contributed by atoms with E-state index in [4.69, 9.17) is 0 Å². The summed E-state index contributed by atoms with van der Waals surface area (Å²) in [6.45, 7) is 8.92. The number of hydrogen-bond acceptors (Lipinski definition) is 4. The Bertz CT molecular complexity index is 527. The van der Waals surface area contributed by atoms with E-state index in [1.165, 1.54) is 17.4 Å². The number of hydrogen-bond donors (Lipinski definition) is 0. The van der Waals surface area contributed by atoms with Crippen LogP contribution in [-0.4, -0.2) is 19.6 Å². The lowest BCUT2D eigenvalue weighted by atomic mass is 10.3. The highest BCUT2D eigenvalue weighted by Gasteiger charge is 2.21. The van der Waals surface area contributed by atoms with Crippen LogP contribution in [0.5, 0.6) is 0 Å². The molecule has 1 aromatic heterocycles. The maximum Gasteiger partial charge on any atom is 0.283 e. The van der Waals surface area contributed by atoms with Crippen LogP contribution in [0.25, 0.3) is 0 Å². The minimum Gasteiger partial charge on any atom is -0.258 e. The minimum atomic E-state index is -1.35. The summed E-state index contributed by atoms with van der Waals surface area (Å²) in [6, 6.07) is 1.48. The number of nitrogens with zero attached hydrogens (tertiary/aromatic N) is 2. The van der Waals surface area contributed by atoms with Gasteiger partial charge in [0.05, 0.1) is 25.1 Å². The van der Waals surface area contributed by atoms with Gasteiger partial charge in [-0.1, -0.05) is 0 Å². The molecule has 100 valence electrons. The molecule has 0 aliphatic heterocycles. The van der Waals surface area contributed by atoms with Gasteiger partial charge < -0.3 is 0 Å². The highest BCUT2D eigenvalue weighted by Crippen LogP contribution is 2.29. The first kappa shape index (κ1) is 15.0. The van der Waals surface area contributed by atoms with Crippen molar-refractivity contribution in [2.45, 2.75) is 39.4 Å². The maximum atomic E-state index is 11.9. The van der Waals surface area contributed by atoms with Gasteiger partial charge in [0.1, 0.15) is 11.0 Å². The Hall–Kier alpha value is -1.08. The smallest absolute Gasteiger partial charge is 0.258 e. The molecule has 0 N–H and O–H groups in total. The predicted octanol–water partition coefficient (Wildman–Crippen LogP) is 3.24. The normalized spacial score (nSPS) is 14.6. The fraction of sp³-hybridized carbons (Fsp3) is 0.545. The van der Waals surface area contributed by atoms with Crippen molar-refractivity contribution in [3.63, 3.8) is 0 Å². The number of thiophene rings is 1. The Morgan fingerprint density at radius 1 is 1.50 bits per heavy atom. The summed E-state index contributed by atoms with van der Waals surface area (Å²) in [4.78, 5) is 11.7. The van der Waals surface area contributed by atoms with Crippen molar-refractivity contribution in [2.75, 3.05) is 0 Å². The molecule has 0 bridgehead atoms. The SMILES string of the molecule is C/C(=N\S(=O)C(C)(C)C)c1cc([N+](=O)[O-])c(C)s1. The molecule has 5 nitrogen and oxygen atoms in total. The first-order valence-electron chi connectivity index (χ1n) is 5.35. The van der Waals surface area contributed by atoms with E-state index in [1.807, 2.05) is 20.8 Å². The van der Waals surface area contributed by atoms with Gasteiger partial charge in [0, 0.05) is 6.07 Å². The lowest BCUT2D eigenvalue weighted by Gasteiger charge is -2.13. The van der Waals surface area contributed by atoms with Crippen molar-refractivity contribution in [1.29, 1.82) is 0 Å². The molecule has 0 saturated heterocycles. The van der Waals surface area contributed by atoms with Crippen LogP contribution in [0.2, 0.25) is 0 Å². The summed E-state index contributed by atoms with van der Waals surface area (Å²) >= 11 is 1.30. The first-order valence-corrected chi connectivity index (χ1v) is 7.27. The maximum absolute atomic E-state index is 11.9. The third kappa shape index (κ3) is 3.46. The zero-order chi connectivity index (χ0) is 14.1. The lowest BCUT2D eigenvalue weighted by molar-refractivity contribution is -0.385. The molecule has 0 aliphatic rings. The number of aryl methyl sites for hydroxylation is 1. The Morgan fingerprint density at radius 3 is 2.44 bits per heavy atom. The van der Waals surface area contributed by atoms with Crippen molar-refractivity contribution in [3.05, 3.63) is 25.9 Å². The highest BCUT2D eigenvalue weighted by molar-refractivity contribution is 7.85. The number of rotatable bonds is 3. The third-order valence-electron chi connectivity index (χ3n) is 2.19. The van der Waals surface area contributed by atoms with Gasteiger partial charge in [0.25, 0.3) is 5.69 Å². The van der Waals surface area contributed by atoms with Gasteiger partial charge in [-0.2, -0.15) is 4.40 Å². The van der Waals surface area contributed by atoms with Crippen LogP contribution in [-0.2, 0) is 11.0 Å². The molecule has 1 heterocycles.